The zero-order chi connectivity index (χ0) is 74.6. The van der Waals surface area contributed by atoms with Gasteiger partial charge in [-0.05, 0) is 161 Å². The molecule has 0 fully saturated rings. The van der Waals surface area contributed by atoms with Crippen LogP contribution in [0.15, 0.2) is 122 Å². The van der Waals surface area contributed by atoms with E-state index < -0.39 is 97.5 Å². The number of allylic oxidation sites excluding steroid dienone is 20. The van der Waals surface area contributed by atoms with Crippen LogP contribution in [0.5, 0.6) is 0 Å². The second kappa shape index (κ2) is 74.7. The van der Waals surface area contributed by atoms with E-state index in [1.807, 2.05) is 0 Å². The Bertz CT molecular complexity index is 2410. The number of esters is 4. The van der Waals surface area contributed by atoms with E-state index in [1.54, 1.807) is 0 Å². The van der Waals surface area contributed by atoms with Gasteiger partial charge in [0.1, 0.15) is 19.3 Å². The van der Waals surface area contributed by atoms with Crippen LogP contribution in [0, 0.1) is 0 Å². The monoisotopic (exact) mass is 1470 g/mol. The van der Waals surface area contributed by atoms with E-state index in [9.17, 15) is 43.2 Å². The summed E-state index contributed by atoms with van der Waals surface area (Å²) in [5, 5.41) is 10.6. The average Bonchev–Trinajstić information content (AvgIpc) is 0.924. The predicted octanol–water partition coefficient (Wildman–Crippen LogP) is 23.1. The minimum absolute atomic E-state index is 0.0687. The van der Waals surface area contributed by atoms with Crippen molar-refractivity contribution in [3.8, 4) is 0 Å². The largest absolute Gasteiger partial charge is 0.472 e. The number of aliphatic hydroxyl groups excluding tert-OH is 1. The van der Waals surface area contributed by atoms with Gasteiger partial charge in [0.25, 0.3) is 0 Å². The molecule has 0 spiro atoms. The van der Waals surface area contributed by atoms with Crippen molar-refractivity contribution in [3.05, 3.63) is 122 Å². The van der Waals surface area contributed by atoms with Gasteiger partial charge >= 0.3 is 39.5 Å². The molecule has 0 aliphatic carbocycles. The molecule has 0 aromatic rings. The van der Waals surface area contributed by atoms with Crippen molar-refractivity contribution in [2.24, 2.45) is 0 Å². The summed E-state index contributed by atoms with van der Waals surface area (Å²) in [5.41, 5.74) is 0. The molecule has 586 valence electrons. The molecule has 17 nitrogen and oxygen atoms in total. The van der Waals surface area contributed by atoms with Gasteiger partial charge in [-0.1, -0.05) is 258 Å². The molecule has 19 heteroatoms. The Balaban J connectivity index is 5.41. The molecule has 0 heterocycles. The molecular formula is C83H142O17P2. The van der Waals surface area contributed by atoms with E-state index in [0.29, 0.717) is 25.7 Å². The van der Waals surface area contributed by atoms with Crippen molar-refractivity contribution in [2.45, 2.75) is 341 Å². The third-order valence-electron chi connectivity index (χ3n) is 16.4. The van der Waals surface area contributed by atoms with Crippen molar-refractivity contribution in [1.82, 2.24) is 0 Å². The van der Waals surface area contributed by atoms with Gasteiger partial charge in [-0.2, -0.15) is 0 Å². The second-order valence-corrected chi connectivity index (χ2v) is 29.2. The van der Waals surface area contributed by atoms with E-state index in [0.717, 1.165) is 180 Å². The van der Waals surface area contributed by atoms with Crippen LogP contribution in [0.2, 0.25) is 0 Å². The van der Waals surface area contributed by atoms with Crippen LogP contribution in [0.1, 0.15) is 323 Å². The molecule has 0 aromatic carbocycles. The van der Waals surface area contributed by atoms with Crippen molar-refractivity contribution in [3.63, 3.8) is 0 Å². The summed E-state index contributed by atoms with van der Waals surface area (Å²) in [4.78, 5) is 73.0. The van der Waals surface area contributed by atoms with Crippen LogP contribution in [-0.2, 0) is 65.4 Å². The molecule has 5 unspecified atom stereocenters. The summed E-state index contributed by atoms with van der Waals surface area (Å²) in [7, 11) is -9.98. The Morgan fingerprint density at radius 3 is 0.824 bits per heavy atom. The van der Waals surface area contributed by atoms with Crippen molar-refractivity contribution in [1.29, 1.82) is 0 Å². The highest BCUT2D eigenvalue weighted by Crippen LogP contribution is 2.45. The Labute approximate surface area is 619 Å². The normalized spacial score (nSPS) is 14.5. The maximum absolute atomic E-state index is 13.1. The standard InChI is InChI=1S/C83H142O17P2/c1-5-9-13-17-21-25-29-33-36-37-38-39-42-45-48-52-56-60-64-68-81(86)94-74-79(100-83(88)70-66-62-58-54-50-46-41-35-31-27-23-19-15-11-7-3)76-98-102(91,92)96-72-77(84)71-95-101(89,90)97-75-78(99-82(87)69-65-61-57-53-49-43-32-28-24-20-16-12-8-4)73-93-80(85)67-63-59-55-51-47-44-40-34-30-26-22-18-14-10-6-2/h9,13,21-23,25-28,32-36,38-41,45,48,77-79,84H,5-8,10-12,14-20,24,29-31,37,42-44,46-47,49-76H2,1-4H3,(H,89,90)(H,91,92)/b13-9-,25-21-,26-22-,27-23-,32-28-,36-33-,39-38-,40-34-,41-35-,48-45-. The van der Waals surface area contributed by atoms with Gasteiger partial charge in [0, 0.05) is 25.7 Å². The van der Waals surface area contributed by atoms with E-state index in [2.05, 4.69) is 149 Å². The van der Waals surface area contributed by atoms with Gasteiger partial charge in [-0.15, -0.1) is 0 Å². The fraction of sp³-hybridized carbons (Fsp3) is 0.711. The summed E-state index contributed by atoms with van der Waals surface area (Å²) in [5.74, 6) is -2.25. The topological polar surface area (TPSA) is 237 Å². The number of phosphoric ester groups is 2. The van der Waals surface area contributed by atoms with Crippen LogP contribution in [0.3, 0.4) is 0 Å². The number of carbonyl (C=O) groups excluding carboxylic acids is 4. The van der Waals surface area contributed by atoms with Gasteiger partial charge in [-0.3, -0.25) is 37.3 Å². The van der Waals surface area contributed by atoms with Crippen LogP contribution in [0.25, 0.3) is 0 Å². The van der Waals surface area contributed by atoms with Crippen LogP contribution >= 0.6 is 15.6 Å². The van der Waals surface area contributed by atoms with Gasteiger partial charge < -0.3 is 33.8 Å². The number of ether oxygens (including phenoxy) is 4. The number of hydrogen-bond donors (Lipinski definition) is 3. The molecule has 0 bridgehead atoms. The molecule has 0 aliphatic heterocycles. The molecule has 0 saturated carbocycles. The van der Waals surface area contributed by atoms with Crippen molar-refractivity contribution >= 4 is 39.5 Å². The fourth-order valence-corrected chi connectivity index (χ4v) is 11.9. The lowest BCUT2D eigenvalue weighted by Crippen LogP contribution is -2.30. The van der Waals surface area contributed by atoms with E-state index in [1.165, 1.54) is 64.2 Å². The van der Waals surface area contributed by atoms with Gasteiger partial charge in [0.05, 0.1) is 26.4 Å². The third kappa shape index (κ3) is 73.8. The lowest BCUT2D eigenvalue weighted by molar-refractivity contribution is -0.161. The Kier molecular flexibility index (Phi) is 71.4. The van der Waals surface area contributed by atoms with Crippen LogP contribution in [0.4, 0.5) is 0 Å². The van der Waals surface area contributed by atoms with Gasteiger partial charge in [0.15, 0.2) is 12.2 Å². The number of carbonyl (C=O) groups is 4. The SMILES string of the molecule is CC/C=C\C/C=C\C/C=C\C/C=C\C/C=C\CCCCCC(=O)OCC(COP(=O)(O)OCC(O)COP(=O)(O)OCC(COC(=O)CCCCCCC/C=C\C/C=C\CCCCC)OC(=O)CCCCCCC/C=C\CCCCCC)OC(=O)CCCCCCC/C=C\C/C=C\CCCCC. The highest BCUT2D eigenvalue weighted by atomic mass is 31.2. The zero-order valence-electron chi connectivity index (χ0n) is 64.0. The lowest BCUT2D eigenvalue weighted by Gasteiger charge is -2.21. The summed E-state index contributed by atoms with van der Waals surface area (Å²) in [6.45, 7) is 4.63. The maximum Gasteiger partial charge on any atom is 0.472 e. The third-order valence-corrected chi connectivity index (χ3v) is 18.3. The van der Waals surface area contributed by atoms with E-state index in [-0.39, 0.29) is 25.7 Å². The highest BCUT2D eigenvalue weighted by Gasteiger charge is 2.30. The molecule has 3 N–H and O–H groups in total. The molecule has 5 atom stereocenters. The minimum atomic E-state index is -4.99. The first-order valence-corrected chi connectivity index (χ1v) is 42.8. The molecule has 0 saturated heterocycles. The number of phosphoric acid groups is 2. The van der Waals surface area contributed by atoms with E-state index >= 15 is 0 Å². The average molecular weight is 1470 g/mol. The zero-order valence-corrected chi connectivity index (χ0v) is 65.8. The van der Waals surface area contributed by atoms with Crippen molar-refractivity contribution < 1.29 is 80.2 Å². The Morgan fingerprint density at radius 2 is 0.510 bits per heavy atom. The maximum atomic E-state index is 13.1. The lowest BCUT2D eigenvalue weighted by atomic mass is 10.1. The van der Waals surface area contributed by atoms with Gasteiger partial charge in [0.2, 0.25) is 0 Å². The van der Waals surface area contributed by atoms with Crippen LogP contribution < -0.4 is 0 Å². The minimum Gasteiger partial charge on any atom is -0.462 e. The van der Waals surface area contributed by atoms with E-state index in [4.69, 9.17) is 37.0 Å². The molecule has 0 aliphatic rings. The molecule has 0 rings (SSSR count). The first-order chi connectivity index (χ1) is 49.7. The highest BCUT2D eigenvalue weighted by molar-refractivity contribution is 7.47. The number of aliphatic hydroxyl groups is 1. The molecule has 102 heavy (non-hydrogen) atoms. The molecular weight excluding hydrogens is 1330 g/mol. The second-order valence-electron chi connectivity index (χ2n) is 26.3. The first-order valence-electron chi connectivity index (χ1n) is 39.8. The molecule has 0 amide bonds. The van der Waals surface area contributed by atoms with Crippen molar-refractivity contribution in [2.75, 3.05) is 39.6 Å². The van der Waals surface area contributed by atoms with Gasteiger partial charge in [-0.25, -0.2) is 9.13 Å². The first kappa shape index (κ1) is 97.5. The Hall–Kier alpha value is -4.54. The fourth-order valence-electron chi connectivity index (χ4n) is 10.3. The predicted molar refractivity (Wildman–Crippen MR) is 418 cm³/mol. The summed E-state index contributed by atoms with van der Waals surface area (Å²) in [6.07, 6.45) is 81.7. The summed E-state index contributed by atoms with van der Waals surface area (Å²) >= 11 is 0. The molecule has 0 radical (unpaired) electrons. The quantitative estimate of drug-likeness (QED) is 0.0169. The molecule has 0 aromatic heterocycles. The number of unbranched alkanes of at least 4 members (excludes halogenated alkanes) is 28. The van der Waals surface area contributed by atoms with Crippen LogP contribution in [-0.4, -0.2) is 96.7 Å². The Morgan fingerprint density at radius 1 is 0.284 bits per heavy atom. The number of rotatable bonds is 74. The smallest absolute Gasteiger partial charge is 0.462 e. The number of hydrogen-bond acceptors (Lipinski definition) is 15. The summed E-state index contributed by atoms with van der Waals surface area (Å²) < 4.78 is 68.5. The summed E-state index contributed by atoms with van der Waals surface area (Å²) in [6, 6.07) is 0.